The monoisotopic (exact) mass is 251 g/mol. The van der Waals surface area contributed by atoms with E-state index < -0.39 is 0 Å². The molecule has 100 valence electrons. The fourth-order valence-corrected chi connectivity index (χ4v) is 2.73. The third kappa shape index (κ3) is 3.02. The number of hydrogen-bond acceptors (Lipinski definition) is 2. The van der Waals surface area contributed by atoms with E-state index in [1.54, 1.807) is 13.0 Å². The van der Waals surface area contributed by atoms with Gasteiger partial charge in [0.15, 0.2) is 0 Å². The van der Waals surface area contributed by atoms with Crippen LogP contribution >= 0.6 is 0 Å². The molecule has 2 N–H and O–H groups in total. The second-order valence-electron chi connectivity index (χ2n) is 5.45. The first kappa shape index (κ1) is 13.3. The summed E-state index contributed by atoms with van der Waals surface area (Å²) in [6.07, 6.45) is 4.76. The highest BCUT2D eigenvalue weighted by Gasteiger charge is 2.22. The van der Waals surface area contributed by atoms with E-state index in [9.17, 15) is 4.39 Å². The lowest BCUT2D eigenvalue weighted by Crippen LogP contribution is -2.25. The zero-order valence-electron chi connectivity index (χ0n) is 11.2. The summed E-state index contributed by atoms with van der Waals surface area (Å²) in [5, 5.41) is 0. The predicted molar refractivity (Wildman–Crippen MR) is 71.1 cm³/mol. The molecule has 0 aromatic heterocycles. The highest BCUT2D eigenvalue weighted by Crippen LogP contribution is 2.32. The fraction of sp³-hybridized carbons (Fsp3) is 0.600. The summed E-state index contributed by atoms with van der Waals surface area (Å²) >= 11 is 0. The standard InChI is InChI=1S/C15H22FNO/c1-10-5-3-6-12(9-10)18-14-8-4-7-13(16)15(14)11(2)17/h4,7-8,10-12H,3,5-6,9,17H2,1-2H3/t10?,11-,12?/m0/s1. The zero-order chi connectivity index (χ0) is 13.1. The number of hydrogen-bond donors (Lipinski definition) is 1. The van der Waals surface area contributed by atoms with Gasteiger partial charge in [-0.05, 0) is 44.2 Å². The van der Waals surface area contributed by atoms with Gasteiger partial charge < -0.3 is 10.5 Å². The van der Waals surface area contributed by atoms with Gasteiger partial charge in [0.1, 0.15) is 11.6 Å². The Morgan fingerprint density at radius 3 is 2.83 bits per heavy atom. The Bertz CT molecular complexity index is 405. The van der Waals surface area contributed by atoms with Crippen LogP contribution in [0.1, 0.15) is 51.1 Å². The molecule has 18 heavy (non-hydrogen) atoms. The maximum absolute atomic E-state index is 13.8. The molecule has 1 aromatic rings. The summed E-state index contributed by atoms with van der Waals surface area (Å²) in [5.74, 6) is 1.03. The van der Waals surface area contributed by atoms with E-state index in [1.807, 2.05) is 6.07 Å². The van der Waals surface area contributed by atoms with E-state index >= 15 is 0 Å². The van der Waals surface area contributed by atoms with E-state index in [-0.39, 0.29) is 18.0 Å². The Morgan fingerprint density at radius 2 is 2.17 bits per heavy atom. The van der Waals surface area contributed by atoms with Crippen molar-refractivity contribution in [2.75, 3.05) is 0 Å². The molecule has 0 bridgehead atoms. The molecule has 2 unspecified atom stereocenters. The van der Waals surface area contributed by atoms with Crippen molar-refractivity contribution >= 4 is 0 Å². The Morgan fingerprint density at radius 1 is 1.39 bits per heavy atom. The molecule has 1 aromatic carbocycles. The molecule has 0 radical (unpaired) electrons. The predicted octanol–water partition coefficient (Wildman–Crippen LogP) is 3.80. The summed E-state index contributed by atoms with van der Waals surface area (Å²) in [6.45, 7) is 4.03. The van der Waals surface area contributed by atoms with Crippen molar-refractivity contribution in [2.24, 2.45) is 11.7 Å². The van der Waals surface area contributed by atoms with E-state index in [4.69, 9.17) is 10.5 Å². The molecule has 0 aliphatic heterocycles. The molecule has 1 fully saturated rings. The van der Waals surface area contributed by atoms with E-state index in [0.717, 1.165) is 12.8 Å². The molecular formula is C15H22FNO. The summed E-state index contributed by atoms with van der Waals surface area (Å²) in [4.78, 5) is 0. The molecule has 0 saturated heterocycles. The van der Waals surface area contributed by atoms with Crippen molar-refractivity contribution in [1.29, 1.82) is 0 Å². The SMILES string of the molecule is CC1CCCC(Oc2cccc(F)c2[C@H](C)N)C1. The summed E-state index contributed by atoms with van der Waals surface area (Å²) in [5.41, 5.74) is 6.32. The average Bonchev–Trinajstić information content (AvgIpc) is 2.28. The molecule has 3 atom stereocenters. The van der Waals surface area contributed by atoms with Gasteiger partial charge in [-0.15, -0.1) is 0 Å². The topological polar surface area (TPSA) is 35.2 Å². The zero-order valence-corrected chi connectivity index (χ0v) is 11.2. The van der Waals surface area contributed by atoms with Crippen molar-refractivity contribution in [3.05, 3.63) is 29.6 Å². The minimum atomic E-state index is -0.345. The third-order valence-electron chi connectivity index (χ3n) is 3.65. The van der Waals surface area contributed by atoms with Crippen molar-refractivity contribution < 1.29 is 9.13 Å². The van der Waals surface area contributed by atoms with Crippen LogP contribution < -0.4 is 10.5 Å². The van der Waals surface area contributed by atoms with Crippen molar-refractivity contribution in [1.82, 2.24) is 0 Å². The number of nitrogens with two attached hydrogens (primary N) is 1. The van der Waals surface area contributed by atoms with Crippen LogP contribution in [0.4, 0.5) is 4.39 Å². The van der Waals surface area contributed by atoms with Gasteiger partial charge in [0, 0.05) is 11.6 Å². The Balaban J connectivity index is 2.15. The van der Waals surface area contributed by atoms with Crippen LogP contribution in [-0.2, 0) is 0 Å². The minimum absolute atomic E-state index is 0.202. The van der Waals surface area contributed by atoms with Crippen LogP contribution in [-0.4, -0.2) is 6.10 Å². The number of rotatable bonds is 3. The van der Waals surface area contributed by atoms with Crippen LogP contribution in [0, 0.1) is 11.7 Å². The number of benzene rings is 1. The Labute approximate surface area is 108 Å². The quantitative estimate of drug-likeness (QED) is 0.886. The molecule has 0 amide bonds. The maximum Gasteiger partial charge on any atom is 0.131 e. The molecule has 0 spiro atoms. The fourth-order valence-electron chi connectivity index (χ4n) is 2.73. The van der Waals surface area contributed by atoms with Gasteiger partial charge in [-0.2, -0.15) is 0 Å². The van der Waals surface area contributed by atoms with Gasteiger partial charge in [-0.3, -0.25) is 0 Å². The second-order valence-corrected chi connectivity index (χ2v) is 5.45. The lowest BCUT2D eigenvalue weighted by atomic mass is 9.88. The van der Waals surface area contributed by atoms with Crippen LogP contribution in [0.2, 0.25) is 0 Å². The molecule has 1 aliphatic rings. The lowest BCUT2D eigenvalue weighted by molar-refractivity contribution is 0.127. The van der Waals surface area contributed by atoms with Gasteiger partial charge in [0.2, 0.25) is 0 Å². The van der Waals surface area contributed by atoms with Gasteiger partial charge in [-0.25, -0.2) is 4.39 Å². The highest BCUT2D eigenvalue weighted by molar-refractivity contribution is 5.37. The lowest BCUT2D eigenvalue weighted by Gasteiger charge is -2.28. The van der Waals surface area contributed by atoms with Crippen molar-refractivity contribution in [2.45, 2.75) is 51.7 Å². The largest absolute Gasteiger partial charge is 0.490 e. The van der Waals surface area contributed by atoms with E-state index in [2.05, 4.69) is 6.92 Å². The molecule has 1 saturated carbocycles. The maximum atomic E-state index is 13.8. The molecule has 0 heterocycles. The highest BCUT2D eigenvalue weighted by atomic mass is 19.1. The van der Waals surface area contributed by atoms with Crippen molar-refractivity contribution in [3.8, 4) is 5.75 Å². The molecule has 2 rings (SSSR count). The van der Waals surface area contributed by atoms with E-state index in [0.29, 0.717) is 17.2 Å². The first-order chi connectivity index (χ1) is 8.58. The first-order valence-corrected chi connectivity index (χ1v) is 6.78. The van der Waals surface area contributed by atoms with E-state index in [1.165, 1.54) is 18.9 Å². The minimum Gasteiger partial charge on any atom is -0.490 e. The van der Waals surface area contributed by atoms with Gasteiger partial charge in [-0.1, -0.05) is 19.4 Å². The van der Waals surface area contributed by atoms with Gasteiger partial charge in [0.25, 0.3) is 0 Å². The normalized spacial score (nSPS) is 25.8. The molecule has 1 aliphatic carbocycles. The smallest absolute Gasteiger partial charge is 0.131 e. The van der Waals surface area contributed by atoms with Gasteiger partial charge in [0.05, 0.1) is 6.10 Å². The summed E-state index contributed by atoms with van der Waals surface area (Å²) in [7, 11) is 0. The molecular weight excluding hydrogens is 229 g/mol. The average molecular weight is 251 g/mol. The summed E-state index contributed by atoms with van der Waals surface area (Å²) < 4.78 is 19.8. The van der Waals surface area contributed by atoms with Crippen LogP contribution in [0.3, 0.4) is 0 Å². The Hall–Kier alpha value is -1.09. The van der Waals surface area contributed by atoms with Gasteiger partial charge >= 0.3 is 0 Å². The van der Waals surface area contributed by atoms with Crippen LogP contribution in [0.25, 0.3) is 0 Å². The Kier molecular flexibility index (Phi) is 4.23. The van der Waals surface area contributed by atoms with Crippen LogP contribution in [0.15, 0.2) is 18.2 Å². The second kappa shape index (κ2) is 5.70. The summed E-state index contributed by atoms with van der Waals surface area (Å²) in [6, 6.07) is 4.60. The molecule has 3 heteroatoms. The number of halogens is 1. The third-order valence-corrected chi connectivity index (χ3v) is 3.65. The van der Waals surface area contributed by atoms with Crippen LogP contribution in [0.5, 0.6) is 5.75 Å². The number of ether oxygens (including phenoxy) is 1. The van der Waals surface area contributed by atoms with Crippen molar-refractivity contribution in [3.63, 3.8) is 0 Å². The molecule has 2 nitrogen and oxygen atoms in total. The first-order valence-electron chi connectivity index (χ1n) is 6.78.